The van der Waals surface area contributed by atoms with Gasteiger partial charge in [-0.05, 0) is 97.8 Å². The first kappa shape index (κ1) is 49.0. The predicted molar refractivity (Wildman–Crippen MR) is 259 cm³/mol. The zero-order valence-electron chi connectivity index (χ0n) is 37.4. The van der Waals surface area contributed by atoms with Gasteiger partial charge in [-0.15, -0.1) is 0 Å². The van der Waals surface area contributed by atoms with Crippen molar-refractivity contribution in [3.05, 3.63) is 179 Å². The van der Waals surface area contributed by atoms with Crippen LogP contribution in [0.4, 0.5) is 0 Å². The van der Waals surface area contributed by atoms with Crippen molar-refractivity contribution in [1.29, 1.82) is 10.5 Å². The first-order chi connectivity index (χ1) is 31.6. The van der Waals surface area contributed by atoms with Gasteiger partial charge in [-0.25, -0.2) is 19.2 Å². The van der Waals surface area contributed by atoms with E-state index in [-0.39, 0.29) is 28.0 Å². The van der Waals surface area contributed by atoms with E-state index in [0.717, 1.165) is 34.6 Å². The predicted octanol–water partition coefficient (Wildman–Crippen LogP) is 8.74. The number of benzene rings is 5. The summed E-state index contributed by atoms with van der Waals surface area (Å²) in [4.78, 5) is 51.3. The Bertz CT molecular complexity index is 2730. The Balaban J connectivity index is 1.50. The van der Waals surface area contributed by atoms with Crippen LogP contribution in [0.2, 0.25) is 38.3 Å². The van der Waals surface area contributed by atoms with Crippen LogP contribution < -0.4 is 19.8 Å². The third kappa shape index (κ3) is 14.0. The number of ether oxygens (including phenoxy) is 4. The second kappa shape index (κ2) is 23.1. The first-order valence-corrected chi connectivity index (χ1v) is 27.5. The number of hydrogen-bond acceptors (Lipinski definition) is 10. The molecule has 66 heavy (non-hydrogen) atoms. The molecule has 0 radical (unpaired) electrons. The Labute approximate surface area is 388 Å². The normalized spacial score (nSPS) is 10.6. The van der Waals surface area contributed by atoms with E-state index < -0.39 is 40.0 Å². The molecule has 0 heterocycles. The van der Waals surface area contributed by atoms with Crippen molar-refractivity contribution in [2.45, 2.75) is 51.1 Å². The van der Waals surface area contributed by atoms with Crippen molar-refractivity contribution in [2.24, 2.45) is 0 Å². The lowest BCUT2D eigenvalue weighted by Crippen LogP contribution is -2.41. The smallest absolute Gasteiger partial charge is 0.346 e. The molecule has 0 bridgehead atoms. The summed E-state index contributed by atoms with van der Waals surface area (Å²) in [5.74, 6) is 10.4. The van der Waals surface area contributed by atoms with Crippen LogP contribution in [-0.2, 0) is 19.1 Å². The van der Waals surface area contributed by atoms with E-state index in [4.69, 9.17) is 18.9 Å². The minimum Gasteiger partial charge on any atom is -0.463 e. The molecule has 0 aromatic heterocycles. The molecular weight excluding hydrogens is 861 g/mol. The number of carbonyl (C=O) groups is 4. The van der Waals surface area contributed by atoms with E-state index in [0.29, 0.717) is 54.1 Å². The summed E-state index contributed by atoms with van der Waals surface area (Å²) in [5, 5.41) is 20.9. The van der Waals surface area contributed by atoms with Crippen molar-refractivity contribution in [2.75, 3.05) is 13.2 Å². The van der Waals surface area contributed by atoms with Gasteiger partial charge in [0.1, 0.15) is 11.5 Å². The minimum absolute atomic E-state index is 0.0116. The Hall–Kier alpha value is -8.01. The summed E-state index contributed by atoms with van der Waals surface area (Å²) in [6.07, 6.45) is 3.69. The van der Waals surface area contributed by atoms with Crippen molar-refractivity contribution >= 4 is 50.4 Å². The van der Waals surface area contributed by atoms with Crippen LogP contribution >= 0.6 is 0 Å². The van der Waals surface area contributed by atoms with Gasteiger partial charge in [-0.2, -0.15) is 10.5 Å². The zero-order valence-corrected chi connectivity index (χ0v) is 39.4. The fourth-order valence-electron chi connectivity index (χ4n) is 6.76. The van der Waals surface area contributed by atoms with Crippen LogP contribution in [-0.4, -0.2) is 53.2 Å². The SMILES string of the molecule is C=CC(=O)OCCC[Si](C)(C)c1ccc(OC(=O)c2cc(C#Cc3ccc(C#N)cc3)c(C(=O)Oc3ccc([Si](C)(C)CCCOC(=O)C=C)cc3)c(C#Cc3ccc(C#N)cc3)c2)cc1. The van der Waals surface area contributed by atoms with Crippen LogP contribution in [0.1, 0.15) is 66.9 Å². The third-order valence-corrected chi connectivity index (χ3v) is 17.7. The van der Waals surface area contributed by atoms with Crippen LogP contribution in [0.3, 0.4) is 0 Å². The number of carbonyl (C=O) groups excluding carboxylic acids is 4. The van der Waals surface area contributed by atoms with Crippen LogP contribution in [0.15, 0.2) is 135 Å². The summed E-state index contributed by atoms with van der Waals surface area (Å²) in [6.45, 7) is 16.3. The van der Waals surface area contributed by atoms with Crippen LogP contribution in [0.25, 0.3) is 0 Å². The molecule has 0 aliphatic carbocycles. The fourth-order valence-corrected chi connectivity index (χ4v) is 11.5. The molecule has 5 aromatic carbocycles. The van der Waals surface area contributed by atoms with Crippen molar-refractivity contribution < 1.29 is 38.1 Å². The Morgan fingerprint density at radius 1 is 0.530 bits per heavy atom. The molecule has 0 atom stereocenters. The van der Waals surface area contributed by atoms with E-state index in [2.05, 4.69) is 75.2 Å². The second-order valence-electron chi connectivity index (χ2n) is 16.4. The summed E-state index contributed by atoms with van der Waals surface area (Å²) in [6, 6.07) is 36.7. The van der Waals surface area contributed by atoms with E-state index in [1.807, 2.05) is 24.3 Å². The van der Waals surface area contributed by atoms with Gasteiger partial charge in [0, 0.05) is 34.4 Å². The molecule has 0 aliphatic rings. The lowest BCUT2D eigenvalue weighted by Gasteiger charge is -2.23. The van der Waals surface area contributed by atoms with Gasteiger partial charge in [0.15, 0.2) is 0 Å². The molecule has 12 heteroatoms. The van der Waals surface area contributed by atoms with E-state index in [1.165, 1.54) is 12.1 Å². The Morgan fingerprint density at radius 2 is 0.894 bits per heavy atom. The van der Waals surface area contributed by atoms with Crippen molar-refractivity contribution in [3.63, 3.8) is 0 Å². The Morgan fingerprint density at radius 3 is 1.26 bits per heavy atom. The quantitative estimate of drug-likeness (QED) is 0.0235. The highest BCUT2D eigenvalue weighted by atomic mass is 28.3. The maximum Gasteiger partial charge on any atom is 0.346 e. The van der Waals surface area contributed by atoms with Gasteiger partial charge in [-0.3, -0.25) is 0 Å². The average molecular weight is 909 g/mol. The van der Waals surface area contributed by atoms with Crippen molar-refractivity contribution in [1.82, 2.24) is 0 Å². The molecular formula is C54H48N2O8Si2. The molecule has 330 valence electrons. The van der Waals surface area contributed by atoms with Gasteiger partial charge in [0.2, 0.25) is 0 Å². The van der Waals surface area contributed by atoms with Gasteiger partial charge >= 0.3 is 23.9 Å². The standard InChI is InChI=1S/C54H48N2O8Si2/c1-7-50(57)61-31-9-33-65(3,4)48-27-23-46(24-28-48)63-53(59)45-35-43(21-19-39-11-15-41(37-55)16-12-39)52(44(36-45)22-20-40-13-17-42(38-56)18-14-40)54(60)64-47-25-29-49(30-26-47)66(5,6)34-10-32-62-51(58)8-2/h7-8,11-18,23-30,35-36H,1-2,9-10,31-34H2,3-6H3. The molecule has 0 spiro atoms. The highest BCUT2D eigenvalue weighted by molar-refractivity contribution is 6.90. The number of hydrogen-bond donors (Lipinski definition) is 0. The molecule has 0 fully saturated rings. The van der Waals surface area contributed by atoms with E-state index >= 15 is 0 Å². The first-order valence-electron chi connectivity index (χ1n) is 21.1. The molecule has 0 saturated carbocycles. The lowest BCUT2D eigenvalue weighted by atomic mass is 9.97. The van der Waals surface area contributed by atoms with Gasteiger partial charge in [0.05, 0.1) is 63.8 Å². The molecule has 0 amide bonds. The number of esters is 4. The molecule has 0 N–H and O–H groups in total. The number of nitrogens with zero attached hydrogens (tertiary/aromatic N) is 2. The lowest BCUT2D eigenvalue weighted by molar-refractivity contribution is -0.138. The fraction of sp³-hybridized carbons (Fsp3) is 0.185. The maximum absolute atomic E-state index is 14.4. The van der Waals surface area contributed by atoms with E-state index in [9.17, 15) is 29.7 Å². The molecule has 5 rings (SSSR count). The average Bonchev–Trinajstić information content (AvgIpc) is 3.33. The molecule has 0 unspecified atom stereocenters. The van der Waals surface area contributed by atoms with Gasteiger partial charge in [-0.1, -0.05) is 110 Å². The molecule has 0 aliphatic heterocycles. The highest BCUT2D eigenvalue weighted by Crippen LogP contribution is 2.24. The Kier molecular flexibility index (Phi) is 17.1. The van der Waals surface area contributed by atoms with Crippen LogP contribution in [0.5, 0.6) is 11.5 Å². The topological polar surface area (TPSA) is 153 Å². The molecule has 10 nitrogen and oxygen atoms in total. The monoisotopic (exact) mass is 908 g/mol. The number of nitriles is 2. The third-order valence-electron chi connectivity index (χ3n) is 10.7. The van der Waals surface area contributed by atoms with Crippen LogP contribution in [0, 0.1) is 46.3 Å². The van der Waals surface area contributed by atoms with Crippen molar-refractivity contribution in [3.8, 4) is 47.3 Å². The van der Waals surface area contributed by atoms with Gasteiger partial charge < -0.3 is 18.9 Å². The maximum atomic E-state index is 14.4. The largest absolute Gasteiger partial charge is 0.463 e. The van der Waals surface area contributed by atoms with E-state index in [1.54, 1.807) is 72.8 Å². The van der Waals surface area contributed by atoms with Gasteiger partial charge in [0.25, 0.3) is 0 Å². The summed E-state index contributed by atoms with van der Waals surface area (Å²) in [5.41, 5.74) is 2.38. The summed E-state index contributed by atoms with van der Waals surface area (Å²) >= 11 is 0. The second-order valence-corrected chi connectivity index (χ2v) is 26.1. The molecule has 0 saturated heterocycles. The summed E-state index contributed by atoms with van der Waals surface area (Å²) < 4.78 is 22.2. The zero-order chi connectivity index (χ0) is 47.7. The highest BCUT2D eigenvalue weighted by Gasteiger charge is 2.26. The minimum atomic E-state index is -1.96. The molecule has 5 aromatic rings. The number of rotatable bonds is 16. The summed E-state index contributed by atoms with van der Waals surface area (Å²) in [7, 11) is -3.89.